The van der Waals surface area contributed by atoms with Crippen LogP contribution in [0.4, 0.5) is 4.39 Å². The van der Waals surface area contributed by atoms with Gasteiger partial charge in [0, 0.05) is 18.1 Å². The van der Waals surface area contributed by atoms with Gasteiger partial charge in [-0.3, -0.25) is 4.79 Å². The molecule has 2 rings (SSSR count). The predicted octanol–water partition coefficient (Wildman–Crippen LogP) is 2.49. The lowest BCUT2D eigenvalue weighted by Crippen LogP contribution is -2.25. The molecule has 0 aliphatic rings. The fraction of sp³-hybridized carbons (Fsp3) is 0.250. The lowest BCUT2D eigenvalue weighted by atomic mass is 10.1. The predicted molar refractivity (Wildman–Crippen MR) is 77.8 cm³/mol. The largest absolute Gasteiger partial charge is 0.268 e. The SMILES string of the molecule is N#CCCC(C#N)Cn1nc(-c2ccc(F)cc2)ccc1=O. The summed E-state index contributed by atoms with van der Waals surface area (Å²) in [4.78, 5) is 11.8. The van der Waals surface area contributed by atoms with Crippen LogP contribution in [-0.2, 0) is 6.54 Å². The van der Waals surface area contributed by atoms with Crippen LogP contribution in [0.1, 0.15) is 12.8 Å². The molecule has 0 spiro atoms. The Morgan fingerprint density at radius 3 is 2.55 bits per heavy atom. The number of nitrogens with zero attached hydrogens (tertiary/aromatic N) is 4. The lowest BCUT2D eigenvalue weighted by Gasteiger charge is -2.10. The van der Waals surface area contributed by atoms with Crippen LogP contribution in [0.25, 0.3) is 11.3 Å². The Hall–Kier alpha value is -2.99. The first kappa shape index (κ1) is 15.4. The van der Waals surface area contributed by atoms with E-state index in [1.54, 1.807) is 18.2 Å². The van der Waals surface area contributed by atoms with Crippen molar-refractivity contribution in [3.05, 3.63) is 52.6 Å². The Morgan fingerprint density at radius 2 is 1.91 bits per heavy atom. The van der Waals surface area contributed by atoms with E-state index in [2.05, 4.69) is 11.2 Å². The summed E-state index contributed by atoms with van der Waals surface area (Å²) in [7, 11) is 0. The molecule has 6 heteroatoms. The van der Waals surface area contributed by atoms with E-state index in [4.69, 9.17) is 10.5 Å². The van der Waals surface area contributed by atoms with E-state index in [0.29, 0.717) is 17.7 Å². The van der Waals surface area contributed by atoms with Crippen molar-refractivity contribution in [3.63, 3.8) is 0 Å². The maximum atomic E-state index is 12.9. The van der Waals surface area contributed by atoms with Gasteiger partial charge in [-0.1, -0.05) is 0 Å². The first-order valence-corrected chi connectivity index (χ1v) is 6.74. The fourth-order valence-electron chi connectivity index (χ4n) is 2.00. The number of halogens is 1. The van der Waals surface area contributed by atoms with Crippen molar-refractivity contribution in [2.45, 2.75) is 19.4 Å². The van der Waals surface area contributed by atoms with E-state index in [0.717, 1.165) is 0 Å². The molecule has 0 fully saturated rings. The van der Waals surface area contributed by atoms with Gasteiger partial charge in [0.1, 0.15) is 5.82 Å². The second-order valence-corrected chi connectivity index (χ2v) is 4.77. The Kier molecular flexibility index (Phi) is 5.00. The first-order valence-electron chi connectivity index (χ1n) is 6.74. The van der Waals surface area contributed by atoms with Crippen molar-refractivity contribution < 1.29 is 4.39 Å². The van der Waals surface area contributed by atoms with Crippen molar-refractivity contribution in [1.82, 2.24) is 9.78 Å². The van der Waals surface area contributed by atoms with Crippen molar-refractivity contribution in [2.24, 2.45) is 5.92 Å². The molecule has 1 aromatic carbocycles. The van der Waals surface area contributed by atoms with Crippen LogP contribution in [0.15, 0.2) is 41.2 Å². The summed E-state index contributed by atoms with van der Waals surface area (Å²) in [5.41, 5.74) is 0.889. The van der Waals surface area contributed by atoms with Gasteiger partial charge in [0.25, 0.3) is 5.56 Å². The summed E-state index contributed by atoms with van der Waals surface area (Å²) in [5.74, 6) is -0.800. The second-order valence-electron chi connectivity index (χ2n) is 4.77. The zero-order valence-corrected chi connectivity index (χ0v) is 11.7. The van der Waals surface area contributed by atoms with Gasteiger partial charge in [0.2, 0.25) is 0 Å². The van der Waals surface area contributed by atoms with Crippen LogP contribution < -0.4 is 5.56 Å². The molecule has 0 radical (unpaired) electrons. The summed E-state index contributed by atoms with van der Waals surface area (Å²) < 4.78 is 14.2. The fourth-order valence-corrected chi connectivity index (χ4v) is 2.00. The molecule has 5 nitrogen and oxygen atoms in total. The number of hydrogen-bond acceptors (Lipinski definition) is 4. The van der Waals surface area contributed by atoms with Gasteiger partial charge in [0.05, 0.1) is 30.3 Å². The molecule has 2 aromatic rings. The van der Waals surface area contributed by atoms with Crippen molar-refractivity contribution >= 4 is 0 Å². The van der Waals surface area contributed by atoms with Gasteiger partial charge in [-0.15, -0.1) is 0 Å². The smallest absolute Gasteiger partial charge is 0.266 e. The van der Waals surface area contributed by atoms with Crippen LogP contribution in [0, 0.1) is 34.4 Å². The van der Waals surface area contributed by atoms with E-state index in [-0.39, 0.29) is 24.3 Å². The van der Waals surface area contributed by atoms with E-state index in [1.807, 2.05) is 6.07 Å². The lowest BCUT2D eigenvalue weighted by molar-refractivity contribution is 0.460. The van der Waals surface area contributed by atoms with Crippen molar-refractivity contribution in [2.75, 3.05) is 0 Å². The third-order valence-corrected chi connectivity index (χ3v) is 3.19. The van der Waals surface area contributed by atoms with Gasteiger partial charge >= 0.3 is 0 Å². The maximum absolute atomic E-state index is 12.9. The Bertz CT molecular complexity index is 784. The van der Waals surface area contributed by atoms with Crippen LogP contribution >= 0.6 is 0 Å². The topological polar surface area (TPSA) is 82.5 Å². The van der Waals surface area contributed by atoms with Crippen LogP contribution in [0.2, 0.25) is 0 Å². The minimum absolute atomic E-state index is 0.131. The van der Waals surface area contributed by atoms with Gasteiger partial charge in [-0.2, -0.15) is 15.6 Å². The third kappa shape index (κ3) is 3.77. The molecule has 0 saturated heterocycles. The standard InChI is InChI=1S/C16H13FN4O/c17-14-5-3-13(4-6-14)15-7-8-16(22)21(20-15)11-12(10-19)2-1-9-18/h3-8,12H,1-2,11H2. The summed E-state index contributed by atoms with van der Waals surface area (Å²) in [6.07, 6.45) is 0.645. The number of rotatable bonds is 5. The minimum atomic E-state index is -0.451. The molecular formula is C16H13FN4O. The highest BCUT2D eigenvalue weighted by Crippen LogP contribution is 2.16. The number of benzene rings is 1. The van der Waals surface area contributed by atoms with E-state index in [1.165, 1.54) is 22.9 Å². The van der Waals surface area contributed by atoms with E-state index >= 15 is 0 Å². The highest BCUT2D eigenvalue weighted by atomic mass is 19.1. The minimum Gasteiger partial charge on any atom is -0.268 e. The summed E-state index contributed by atoms with van der Waals surface area (Å²) >= 11 is 0. The zero-order chi connectivity index (χ0) is 15.9. The maximum Gasteiger partial charge on any atom is 0.266 e. The van der Waals surface area contributed by atoms with Crippen LogP contribution in [-0.4, -0.2) is 9.78 Å². The van der Waals surface area contributed by atoms with Crippen molar-refractivity contribution in [1.29, 1.82) is 10.5 Å². The Labute approximate surface area is 126 Å². The van der Waals surface area contributed by atoms with Gasteiger partial charge in [-0.25, -0.2) is 9.07 Å². The molecule has 1 aromatic heterocycles. The average Bonchev–Trinajstić information content (AvgIpc) is 2.54. The van der Waals surface area contributed by atoms with Gasteiger partial charge < -0.3 is 0 Å². The van der Waals surface area contributed by atoms with Gasteiger partial charge in [-0.05, 0) is 36.8 Å². The van der Waals surface area contributed by atoms with Crippen LogP contribution in [0.3, 0.4) is 0 Å². The molecule has 22 heavy (non-hydrogen) atoms. The molecule has 0 bridgehead atoms. The molecule has 1 atom stereocenters. The molecular weight excluding hydrogens is 283 g/mol. The highest BCUT2D eigenvalue weighted by molar-refractivity contribution is 5.57. The summed E-state index contributed by atoms with van der Waals surface area (Å²) in [5, 5.41) is 21.9. The van der Waals surface area contributed by atoms with Crippen LogP contribution in [0.5, 0.6) is 0 Å². The normalized spacial score (nSPS) is 11.4. The number of aromatic nitrogens is 2. The molecule has 0 aliphatic carbocycles. The molecule has 1 unspecified atom stereocenters. The molecule has 0 amide bonds. The molecule has 0 aliphatic heterocycles. The van der Waals surface area contributed by atoms with Gasteiger partial charge in [0.15, 0.2) is 0 Å². The van der Waals surface area contributed by atoms with E-state index in [9.17, 15) is 9.18 Å². The summed E-state index contributed by atoms with van der Waals surface area (Å²) in [6.45, 7) is 0.131. The molecule has 110 valence electrons. The quantitative estimate of drug-likeness (QED) is 0.848. The molecule has 0 saturated carbocycles. The highest BCUT2D eigenvalue weighted by Gasteiger charge is 2.11. The van der Waals surface area contributed by atoms with Crippen molar-refractivity contribution in [3.8, 4) is 23.4 Å². The average molecular weight is 296 g/mol. The zero-order valence-electron chi connectivity index (χ0n) is 11.7. The van der Waals surface area contributed by atoms with E-state index < -0.39 is 5.92 Å². The first-order chi connectivity index (χ1) is 10.6. The molecule has 0 N–H and O–H groups in total. The third-order valence-electron chi connectivity index (χ3n) is 3.19. The Morgan fingerprint density at radius 1 is 1.18 bits per heavy atom. The second kappa shape index (κ2) is 7.14. The molecule has 1 heterocycles. The summed E-state index contributed by atoms with van der Waals surface area (Å²) in [6, 6.07) is 12.8. The number of nitriles is 2. The Balaban J connectivity index is 2.27. The number of hydrogen-bond donors (Lipinski definition) is 0. The monoisotopic (exact) mass is 296 g/mol.